The fourth-order valence-corrected chi connectivity index (χ4v) is 8.47. The Hall–Kier alpha value is -6.35. The van der Waals surface area contributed by atoms with Gasteiger partial charge in [0.2, 0.25) is 17.8 Å². The van der Waals surface area contributed by atoms with Crippen LogP contribution < -0.4 is 26.4 Å². The Morgan fingerprint density at radius 2 is 1.83 bits per heavy atom. The molecule has 4 N–H and O–H groups in total. The van der Waals surface area contributed by atoms with Gasteiger partial charge >= 0.3 is 0 Å². The summed E-state index contributed by atoms with van der Waals surface area (Å²) in [4.78, 5) is 68.6. The molecule has 1 unspecified atom stereocenters. The molecule has 59 heavy (non-hydrogen) atoms. The third-order valence-electron chi connectivity index (χ3n) is 11.9. The molecule has 5 heterocycles. The largest absolute Gasteiger partial charge is 0.385 e. The minimum Gasteiger partial charge on any atom is -0.385 e. The number of aliphatic hydroxyl groups is 1. The van der Waals surface area contributed by atoms with E-state index < -0.39 is 17.6 Å². The van der Waals surface area contributed by atoms with E-state index in [1.807, 2.05) is 43.3 Å². The number of fused-ring (bicyclic) bond motifs is 3. The van der Waals surface area contributed by atoms with Crippen molar-refractivity contribution in [1.29, 1.82) is 0 Å². The van der Waals surface area contributed by atoms with Crippen LogP contribution in [0.5, 0.6) is 0 Å². The Morgan fingerprint density at radius 1 is 1.02 bits per heavy atom. The molecule has 3 aliphatic rings. The van der Waals surface area contributed by atoms with Gasteiger partial charge in [-0.15, -0.1) is 6.58 Å². The number of carbonyl (C=O) groups excluding carboxylic acids is 3. The smallest absolute Gasteiger partial charge is 0.278 e. The molecule has 0 bridgehead atoms. The second-order valence-electron chi connectivity index (χ2n) is 15.6. The lowest BCUT2D eigenvalue weighted by molar-refractivity contribution is -0.136. The fourth-order valence-electron chi connectivity index (χ4n) is 8.47. The van der Waals surface area contributed by atoms with Crippen LogP contribution in [0.2, 0.25) is 0 Å². The molecule has 2 aromatic carbocycles. The number of hydrogen-bond donors (Lipinski definition) is 4. The topological polar surface area (TPSA) is 180 Å². The molecule has 0 radical (unpaired) electrons. The third-order valence-corrected chi connectivity index (χ3v) is 11.9. The second kappa shape index (κ2) is 16.5. The minimum absolute atomic E-state index is 0.167. The number of carbonyl (C=O) groups is 3. The fraction of sp³-hybridized carbons (Fsp3) is 0.386. The number of anilines is 4. The highest BCUT2D eigenvalue weighted by atomic mass is 16.3. The van der Waals surface area contributed by atoms with Crippen molar-refractivity contribution >= 4 is 51.8 Å². The number of amides is 3. The first kappa shape index (κ1) is 39.5. The molecule has 3 aromatic heterocycles. The lowest BCUT2D eigenvalue weighted by Crippen LogP contribution is -2.52. The van der Waals surface area contributed by atoms with Crippen LogP contribution in [0.25, 0.3) is 16.9 Å². The van der Waals surface area contributed by atoms with Gasteiger partial charge in [0.05, 0.1) is 12.2 Å². The van der Waals surface area contributed by atoms with Crippen LogP contribution in [0.4, 0.5) is 23.0 Å². The Labute approximate surface area is 342 Å². The van der Waals surface area contributed by atoms with Crippen LogP contribution in [0.1, 0.15) is 85.5 Å². The maximum atomic E-state index is 13.5. The summed E-state index contributed by atoms with van der Waals surface area (Å²) in [6.07, 6.45) is 9.82. The normalized spacial score (nSPS) is 18.5. The molecule has 1 aliphatic carbocycles. The first-order valence-corrected chi connectivity index (χ1v) is 20.5. The summed E-state index contributed by atoms with van der Waals surface area (Å²) < 4.78 is 3.22. The number of allylic oxidation sites excluding steroid dienone is 1. The highest BCUT2D eigenvalue weighted by molar-refractivity contribution is 6.06. The first-order valence-electron chi connectivity index (χ1n) is 20.5. The lowest BCUT2D eigenvalue weighted by Gasteiger charge is -2.29. The molecule has 306 valence electrons. The molecule has 15 heteroatoms. The molecular weight excluding hydrogens is 749 g/mol. The lowest BCUT2D eigenvalue weighted by atomic mass is 9.98. The quantitative estimate of drug-likeness (QED) is 0.0577. The number of nitrogens with one attached hydrogen (secondary N) is 3. The maximum Gasteiger partial charge on any atom is 0.278 e. The number of aryl methyl sites for hydroxylation is 1. The van der Waals surface area contributed by atoms with E-state index in [-0.39, 0.29) is 30.3 Å². The van der Waals surface area contributed by atoms with Crippen LogP contribution in [-0.4, -0.2) is 78.2 Å². The SMILES string of the molecule is C=CCn1c(=O)c2cnc(Nc3ccc(N(C)CCCCCCNc4cccc5c4CN(C4CCC(=O)NC4=O)C5=O)cc3)nc2n1-c1ccc2c(n1)[C@@](O)(CC)CC2. The summed E-state index contributed by atoms with van der Waals surface area (Å²) in [5.74, 6) is -0.0298. The third kappa shape index (κ3) is 7.69. The summed E-state index contributed by atoms with van der Waals surface area (Å²) in [7, 11) is 2.08. The van der Waals surface area contributed by atoms with Crippen molar-refractivity contribution < 1.29 is 19.5 Å². The number of hydrogen-bond acceptors (Lipinski definition) is 11. The van der Waals surface area contributed by atoms with E-state index in [2.05, 4.69) is 51.6 Å². The number of unbranched alkanes of at least 4 members (excludes halogenated alkanes) is 3. The Balaban J connectivity index is 0.835. The van der Waals surface area contributed by atoms with Crippen molar-refractivity contribution in [1.82, 2.24) is 34.5 Å². The van der Waals surface area contributed by atoms with Crippen molar-refractivity contribution in [2.24, 2.45) is 0 Å². The van der Waals surface area contributed by atoms with Crippen LogP contribution in [0.15, 0.2) is 78.2 Å². The van der Waals surface area contributed by atoms with Crippen molar-refractivity contribution in [3.63, 3.8) is 0 Å². The van der Waals surface area contributed by atoms with E-state index in [4.69, 9.17) is 9.97 Å². The number of imide groups is 1. The molecule has 2 atom stereocenters. The number of pyridine rings is 1. The van der Waals surface area contributed by atoms with E-state index in [1.54, 1.807) is 21.7 Å². The van der Waals surface area contributed by atoms with Crippen molar-refractivity contribution in [2.45, 2.75) is 89.4 Å². The number of aromatic nitrogens is 5. The number of benzene rings is 2. The van der Waals surface area contributed by atoms with Gasteiger partial charge in [-0.05, 0) is 86.6 Å². The molecule has 8 rings (SSSR count). The summed E-state index contributed by atoms with van der Waals surface area (Å²) >= 11 is 0. The van der Waals surface area contributed by atoms with E-state index >= 15 is 0 Å². The Morgan fingerprint density at radius 3 is 2.61 bits per heavy atom. The molecule has 5 aromatic rings. The Kier molecular flexibility index (Phi) is 11.0. The van der Waals surface area contributed by atoms with Gasteiger partial charge in [0.1, 0.15) is 17.0 Å². The van der Waals surface area contributed by atoms with E-state index in [1.165, 1.54) is 10.9 Å². The van der Waals surface area contributed by atoms with Crippen LogP contribution in [0.3, 0.4) is 0 Å². The number of rotatable bonds is 16. The zero-order valence-electron chi connectivity index (χ0n) is 33.5. The van der Waals surface area contributed by atoms with E-state index in [0.717, 1.165) is 73.4 Å². The van der Waals surface area contributed by atoms with Gasteiger partial charge in [-0.2, -0.15) is 4.98 Å². The zero-order valence-corrected chi connectivity index (χ0v) is 33.5. The molecule has 0 saturated carbocycles. The average Bonchev–Trinajstić information content (AvgIpc) is 3.85. The molecule has 1 fully saturated rings. The monoisotopic (exact) mass is 798 g/mol. The second-order valence-corrected chi connectivity index (χ2v) is 15.6. The van der Waals surface area contributed by atoms with Gasteiger partial charge in [-0.25, -0.2) is 19.3 Å². The van der Waals surface area contributed by atoms with Crippen LogP contribution in [0, 0.1) is 0 Å². The molecular formula is C44H50N10O5. The van der Waals surface area contributed by atoms with Gasteiger partial charge in [-0.1, -0.05) is 38.0 Å². The van der Waals surface area contributed by atoms with Gasteiger partial charge in [-0.3, -0.25) is 24.5 Å². The van der Waals surface area contributed by atoms with Gasteiger partial charge < -0.3 is 25.5 Å². The average molecular weight is 799 g/mol. The van der Waals surface area contributed by atoms with E-state index in [0.29, 0.717) is 59.9 Å². The predicted octanol–water partition coefficient (Wildman–Crippen LogP) is 5.32. The van der Waals surface area contributed by atoms with E-state index in [9.17, 15) is 24.3 Å². The van der Waals surface area contributed by atoms with Crippen molar-refractivity contribution in [3.8, 4) is 5.82 Å². The van der Waals surface area contributed by atoms with Crippen LogP contribution >= 0.6 is 0 Å². The highest BCUT2D eigenvalue weighted by Crippen LogP contribution is 2.38. The summed E-state index contributed by atoms with van der Waals surface area (Å²) in [6, 6.07) is 16.9. The molecule has 15 nitrogen and oxygen atoms in total. The highest BCUT2D eigenvalue weighted by Gasteiger charge is 2.40. The summed E-state index contributed by atoms with van der Waals surface area (Å²) in [5.41, 5.74) is 5.13. The number of nitrogens with zero attached hydrogens (tertiary/aromatic N) is 7. The van der Waals surface area contributed by atoms with Crippen LogP contribution in [-0.2, 0) is 34.7 Å². The van der Waals surface area contributed by atoms with Crippen molar-refractivity contribution in [3.05, 3.63) is 106 Å². The van der Waals surface area contributed by atoms with Crippen molar-refractivity contribution in [2.75, 3.05) is 35.7 Å². The first-order chi connectivity index (χ1) is 28.6. The zero-order chi connectivity index (χ0) is 41.3. The predicted molar refractivity (Wildman–Crippen MR) is 226 cm³/mol. The number of piperidine rings is 1. The summed E-state index contributed by atoms with van der Waals surface area (Å²) in [5, 5.41) is 20.8. The molecule has 0 spiro atoms. The molecule has 2 aliphatic heterocycles. The maximum absolute atomic E-state index is 13.5. The standard InChI is InChI=1S/C44H50N10O5/c1-4-24-53-42(58)32-26-46-43(50-39(32)54(53)36-19-13-28-21-22-44(59,5-2)38(28)48-36)47-29-14-16-30(17-15-29)51(3)25-9-7-6-8-23-45-34-12-10-11-31-33(34)27-52(41(31)57)35-18-20-37(55)49-40(35)56/h4,10-17,19,26,35,45,59H,1,5-9,18,20-25,27H2,2-3H3,(H,46,47,50)(H,49,55,56)/t35?,44-/m1/s1. The molecule has 1 saturated heterocycles. The summed E-state index contributed by atoms with van der Waals surface area (Å²) in [6.45, 7) is 8.07. The van der Waals surface area contributed by atoms with Gasteiger partial charge in [0, 0.05) is 67.5 Å². The van der Waals surface area contributed by atoms with Gasteiger partial charge in [0.25, 0.3) is 11.5 Å². The molecule has 3 amide bonds. The minimum atomic E-state index is -0.999. The Bertz CT molecular complexity index is 2490. The van der Waals surface area contributed by atoms with Gasteiger partial charge in [0.15, 0.2) is 11.5 Å².